The molecule has 0 amide bonds. The van der Waals surface area contributed by atoms with Crippen LogP contribution in [0.2, 0.25) is 0 Å². The summed E-state index contributed by atoms with van der Waals surface area (Å²) in [5.74, 6) is 0.612. The van der Waals surface area contributed by atoms with Gasteiger partial charge in [0.1, 0.15) is 0 Å². The molecule has 2 aliphatic rings. The van der Waals surface area contributed by atoms with Crippen molar-refractivity contribution in [2.24, 2.45) is 5.92 Å². The van der Waals surface area contributed by atoms with E-state index in [1.54, 1.807) is 0 Å². The maximum absolute atomic E-state index is 4.17. The maximum Gasteiger partial charge on any atom is 0.0641 e. The van der Waals surface area contributed by atoms with E-state index in [0.717, 1.165) is 0 Å². The molecule has 6 rings (SSSR count). The molecular formula is C33H35N2P. The summed E-state index contributed by atoms with van der Waals surface area (Å²) in [6.07, 6.45) is 4.25. The second-order valence-electron chi connectivity index (χ2n) is 10.2. The maximum atomic E-state index is 4.17. The minimum absolute atomic E-state index is 0.282. The van der Waals surface area contributed by atoms with Gasteiger partial charge in [0.25, 0.3) is 0 Å². The van der Waals surface area contributed by atoms with Crippen LogP contribution in [-0.4, -0.2) is 23.8 Å². The molecule has 3 heteroatoms. The van der Waals surface area contributed by atoms with Crippen LogP contribution in [0.4, 0.5) is 0 Å². The molecule has 5 atom stereocenters. The number of likely N-dealkylation sites (N-methyl/N-ethyl adjacent to an activating group) is 1. The van der Waals surface area contributed by atoms with Gasteiger partial charge >= 0.3 is 0 Å². The fraction of sp³-hybridized carbons (Fsp3) is 0.273. The van der Waals surface area contributed by atoms with Gasteiger partial charge < -0.3 is 0 Å². The highest BCUT2D eigenvalue weighted by atomic mass is 31.1. The molecule has 1 aliphatic carbocycles. The fourth-order valence-electron chi connectivity index (χ4n) is 6.61. The average molecular weight is 491 g/mol. The van der Waals surface area contributed by atoms with Crippen molar-refractivity contribution in [3.63, 3.8) is 0 Å². The predicted octanol–water partition coefficient (Wildman–Crippen LogP) is 6.63. The Morgan fingerprint density at radius 1 is 0.639 bits per heavy atom. The molecule has 1 saturated carbocycles. The molecule has 182 valence electrons. The normalized spacial score (nSPS) is 26.4. The third-order valence-electron chi connectivity index (χ3n) is 8.18. The molecule has 2 nitrogen and oxygen atoms in total. The zero-order valence-corrected chi connectivity index (χ0v) is 21.8. The lowest BCUT2D eigenvalue weighted by Gasteiger charge is -2.36. The number of rotatable bonds is 6. The summed E-state index contributed by atoms with van der Waals surface area (Å²) in [6.45, 7) is 0. The van der Waals surface area contributed by atoms with Gasteiger partial charge in [0.15, 0.2) is 0 Å². The molecule has 0 aromatic heterocycles. The Kier molecular flexibility index (Phi) is 7.01. The smallest absolute Gasteiger partial charge is 0.0641 e. The standard InChI is InChI=1S/C33H35N2P/c1-35-32(26-17-8-3-9-18-26)31(25-15-6-2-7-16-25)34-33(35)29-23-14-24-30(29)36(27-19-10-4-11-20-27)28-21-12-5-13-22-28/h2-13,15-22,29-34H,14,23-24H2,1H3/t29?,30-,31+,32+,33?/m0/s1. The summed E-state index contributed by atoms with van der Waals surface area (Å²) in [5.41, 5.74) is 3.44. The summed E-state index contributed by atoms with van der Waals surface area (Å²) in [6, 6.07) is 45.3. The van der Waals surface area contributed by atoms with E-state index in [4.69, 9.17) is 0 Å². The highest BCUT2D eigenvalue weighted by Gasteiger charge is 2.48. The number of nitrogens with one attached hydrogen (secondary N) is 1. The van der Waals surface area contributed by atoms with Gasteiger partial charge in [0, 0.05) is 0 Å². The van der Waals surface area contributed by atoms with E-state index in [-0.39, 0.29) is 6.04 Å². The largest absolute Gasteiger partial charge is 0.293 e. The van der Waals surface area contributed by atoms with Crippen molar-refractivity contribution >= 4 is 18.5 Å². The van der Waals surface area contributed by atoms with E-state index in [2.05, 4.69) is 139 Å². The Hall–Kier alpha value is -2.77. The molecule has 1 aliphatic heterocycles. The van der Waals surface area contributed by atoms with Gasteiger partial charge in [-0.25, -0.2) is 0 Å². The monoisotopic (exact) mass is 490 g/mol. The minimum Gasteiger partial charge on any atom is -0.293 e. The summed E-state index contributed by atoms with van der Waals surface area (Å²) in [7, 11) is 1.92. The molecule has 4 aromatic carbocycles. The van der Waals surface area contributed by atoms with Crippen LogP contribution in [0, 0.1) is 5.92 Å². The minimum atomic E-state index is -0.430. The van der Waals surface area contributed by atoms with Crippen LogP contribution < -0.4 is 15.9 Å². The zero-order chi connectivity index (χ0) is 24.3. The van der Waals surface area contributed by atoms with Gasteiger partial charge in [0.2, 0.25) is 0 Å². The van der Waals surface area contributed by atoms with Crippen LogP contribution >= 0.6 is 7.92 Å². The Labute approximate surface area is 217 Å². The Morgan fingerprint density at radius 2 is 1.14 bits per heavy atom. The van der Waals surface area contributed by atoms with E-state index < -0.39 is 7.92 Å². The molecular weight excluding hydrogens is 455 g/mol. The second kappa shape index (κ2) is 10.7. The molecule has 0 spiro atoms. The first-order valence-electron chi connectivity index (χ1n) is 13.3. The van der Waals surface area contributed by atoms with Crippen molar-refractivity contribution in [3.05, 3.63) is 132 Å². The van der Waals surface area contributed by atoms with E-state index in [0.29, 0.717) is 23.8 Å². The van der Waals surface area contributed by atoms with Crippen LogP contribution in [-0.2, 0) is 0 Å². The van der Waals surface area contributed by atoms with Crippen molar-refractivity contribution in [2.45, 2.75) is 43.2 Å². The first-order chi connectivity index (χ1) is 17.8. The summed E-state index contributed by atoms with van der Waals surface area (Å²) >= 11 is 0. The van der Waals surface area contributed by atoms with E-state index >= 15 is 0 Å². The topological polar surface area (TPSA) is 15.3 Å². The SMILES string of the molecule is CN1C(C2CCC[C@@H]2P(c2ccccc2)c2ccccc2)N[C@H](c2ccccc2)[C@H]1c1ccccc1. The highest BCUT2D eigenvalue weighted by Crippen LogP contribution is 2.53. The molecule has 0 radical (unpaired) electrons. The summed E-state index contributed by atoms with van der Waals surface area (Å²) < 4.78 is 0. The Balaban J connectivity index is 1.38. The van der Waals surface area contributed by atoms with Crippen molar-refractivity contribution in [1.82, 2.24) is 10.2 Å². The van der Waals surface area contributed by atoms with Crippen molar-refractivity contribution in [2.75, 3.05) is 7.05 Å². The van der Waals surface area contributed by atoms with Gasteiger partial charge in [-0.2, -0.15) is 0 Å². The Morgan fingerprint density at radius 3 is 1.69 bits per heavy atom. The number of hydrogen-bond acceptors (Lipinski definition) is 2. The third kappa shape index (κ3) is 4.55. The van der Waals surface area contributed by atoms with Crippen molar-refractivity contribution in [3.8, 4) is 0 Å². The summed E-state index contributed by atoms with van der Waals surface area (Å²) in [4.78, 5) is 2.65. The van der Waals surface area contributed by atoms with Crippen LogP contribution in [0.25, 0.3) is 0 Å². The first-order valence-corrected chi connectivity index (χ1v) is 14.7. The lowest BCUT2D eigenvalue weighted by molar-refractivity contribution is 0.176. The van der Waals surface area contributed by atoms with Gasteiger partial charge in [-0.3, -0.25) is 10.2 Å². The van der Waals surface area contributed by atoms with E-state index in [9.17, 15) is 0 Å². The van der Waals surface area contributed by atoms with Crippen LogP contribution in [0.5, 0.6) is 0 Å². The lowest BCUT2D eigenvalue weighted by Crippen LogP contribution is -2.44. The molecule has 2 unspecified atom stereocenters. The molecule has 36 heavy (non-hydrogen) atoms. The van der Waals surface area contributed by atoms with Crippen molar-refractivity contribution < 1.29 is 0 Å². The van der Waals surface area contributed by atoms with Gasteiger partial charge in [0.05, 0.1) is 18.2 Å². The van der Waals surface area contributed by atoms with Crippen LogP contribution in [0.3, 0.4) is 0 Å². The second-order valence-corrected chi connectivity index (χ2v) is 12.7. The van der Waals surface area contributed by atoms with Gasteiger partial charge in [-0.1, -0.05) is 128 Å². The molecule has 1 heterocycles. The fourth-order valence-corrected chi connectivity index (χ4v) is 9.80. The zero-order valence-electron chi connectivity index (χ0n) is 20.9. The number of benzene rings is 4. The molecule has 2 fully saturated rings. The van der Waals surface area contributed by atoms with E-state index in [1.165, 1.54) is 41.0 Å². The quantitative estimate of drug-likeness (QED) is 0.305. The Bertz CT molecular complexity index is 1190. The van der Waals surface area contributed by atoms with Crippen LogP contribution in [0.15, 0.2) is 121 Å². The molecule has 1 saturated heterocycles. The first kappa shape index (κ1) is 23.6. The average Bonchev–Trinajstić information content (AvgIpc) is 3.55. The molecule has 0 bridgehead atoms. The van der Waals surface area contributed by atoms with Gasteiger partial charge in [-0.05, 0) is 61.1 Å². The predicted molar refractivity (Wildman–Crippen MR) is 153 cm³/mol. The molecule has 1 N–H and O–H groups in total. The van der Waals surface area contributed by atoms with Gasteiger partial charge in [-0.15, -0.1) is 0 Å². The molecule has 4 aromatic rings. The van der Waals surface area contributed by atoms with Crippen LogP contribution in [0.1, 0.15) is 42.5 Å². The highest BCUT2D eigenvalue weighted by molar-refractivity contribution is 7.73. The summed E-state index contributed by atoms with van der Waals surface area (Å²) in [5, 5.41) is 7.19. The number of nitrogens with zero attached hydrogens (tertiary/aromatic N) is 1. The van der Waals surface area contributed by atoms with E-state index in [1.807, 2.05) is 0 Å². The third-order valence-corrected chi connectivity index (χ3v) is 11.2. The lowest BCUT2D eigenvalue weighted by atomic mass is 9.94. The number of hydrogen-bond donors (Lipinski definition) is 1. The van der Waals surface area contributed by atoms with Crippen molar-refractivity contribution in [1.29, 1.82) is 0 Å².